The maximum absolute atomic E-state index is 4.68. The molecule has 17 heavy (non-hydrogen) atoms. The van der Waals surface area contributed by atoms with Crippen LogP contribution < -0.4 is 5.32 Å². The highest BCUT2D eigenvalue weighted by molar-refractivity contribution is 5.47. The van der Waals surface area contributed by atoms with Gasteiger partial charge < -0.3 is 5.32 Å². The van der Waals surface area contributed by atoms with Gasteiger partial charge in [-0.15, -0.1) is 0 Å². The van der Waals surface area contributed by atoms with Crippen LogP contribution >= 0.6 is 0 Å². The molecule has 1 atom stereocenters. The highest BCUT2D eigenvalue weighted by atomic mass is 15.2. The van der Waals surface area contributed by atoms with Crippen LogP contribution in [-0.2, 0) is 0 Å². The molecule has 1 saturated heterocycles. The van der Waals surface area contributed by atoms with Gasteiger partial charge in [-0.2, -0.15) is 5.10 Å². The normalized spacial score (nSPS) is 19.6. The van der Waals surface area contributed by atoms with Gasteiger partial charge in [-0.3, -0.25) is 0 Å². The van der Waals surface area contributed by atoms with Gasteiger partial charge in [0.05, 0.1) is 11.2 Å². The summed E-state index contributed by atoms with van der Waals surface area (Å²) in [4.78, 5) is 0. The van der Waals surface area contributed by atoms with E-state index in [4.69, 9.17) is 0 Å². The van der Waals surface area contributed by atoms with Crippen molar-refractivity contribution in [3.8, 4) is 0 Å². The second-order valence-electron chi connectivity index (χ2n) is 5.02. The van der Waals surface area contributed by atoms with Gasteiger partial charge in [0, 0.05) is 12.1 Å². The van der Waals surface area contributed by atoms with Crippen LogP contribution in [0.15, 0.2) is 30.5 Å². The van der Waals surface area contributed by atoms with Gasteiger partial charge >= 0.3 is 0 Å². The van der Waals surface area contributed by atoms with Crippen molar-refractivity contribution in [3.05, 3.63) is 36.2 Å². The summed E-state index contributed by atoms with van der Waals surface area (Å²) in [6.07, 6.45) is 4.57. The Morgan fingerprint density at radius 1 is 1.35 bits per heavy atom. The molecule has 0 radical (unpaired) electrons. The van der Waals surface area contributed by atoms with E-state index in [9.17, 15) is 0 Å². The average molecular weight is 229 g/mol. The van der Waals surface area contributed by atoms with Crippen molar-refractivity contribution in [2.24, 2.45) is 5.92 Å². The highest BCUT2D eigenvalue weighted by Gasteiger charge is 2.23. The largest absolute Gasteiger partial charge is 0.317 e. The third kappa shape index (κ3) is 2.07. The predicted octanol–water partition coefficient (Wildman–Crippen LogP) is 2.44. The fraction of sp³-hybridized carbons (Fsp3) is 0.500. The lowest BCUT2D eigenvalue weighted by Crippen LogP contribution is -2.30. The summed E-state index contributed by atoms with van der Waals surface area (Å²) in [5, 5.41) is 8.11. The lowest BCUT2D eigenvalue weighted by molar-refractivity contribution is 0.326. The first-order valence-electron chi connectivity index (χ1n) is 6.49. The van der Waals surface area contributed by atoms with E-state index in [0.29, 0.717) is 5.92 Å². The molecule has 3 rings (SSSR count). The SMILES string of the molecule is CC(c1cc2ccccn2n1)C1CCNCC1. The molecule has 2 aromatic rings. The molecule has 3 heteroatoms. The monoisotopic (exact) mass is 229 g/mol. The Hall–Kier alpha value is -1.35. The molecule has 1 aliphatic rings. The van der Waals surface area contributed by atoms with Gasteiger partial charge in [-0.1, -0.05) is 13.0 Å². The number of hydrogen-bond donors (Lipinski definition) is 1. The van der Waals surface area contributed by atoms with Gasteiger partial charge in [0.25, 0.3) is 0 Å². The number of hydrogen-bond acceptors (Lipinski definition) is 2. The van der Waals surface area contributed by atoms with Gasteiger partial charge in [-0.25, -0.2) is 4.52 Å². The Balaban J connectivity index is 1.86. The number of pyridine rings is 1. The maximum atomic E-state index is 4.68. The highest BCUT2D eigenvalue weighted by Crippen LogP contribution is 2.30. The molecule has 1 aliphatic heterocycles. The summed E-state index contributed by atoms with van der Waals surface area (Å²) in [6, 6.07) is 8.44. The van der Waals surface area contributed by atoms with E-state index in [1.807, 2.05) is 16.8 Å². The molecule has 1 fully saturated rings. The molecule has 0 spiro atoms. The molecule has 0 saturated carbocycles. The van der Waals surface area contributed by atoms with Gasteiger partial charge in [0.2, 0.25) is 0 Å². The second kappa shape index (κ2) is 4.49. The minimum Gasteiger partial charge on any atom is -0.317 e. The minimum absolute atomic E-state index is 0.567. The zero-order valence-corrected chi connectivity index (χ0v) is 10.3. The molecule has 1 N–H and O–H groups in total. The summed E-state index contributed by atoms with van der Waals surface area (Å²) < 4.78 is 1.98. The first-order valence-corrected chi connectivity index (χ1v) is 6.49. The average Bonchev–Trinajstić information content (AvgIpc) is 2.82. The van der Waals surface area contributed by atoms with E-state index in [1.54, 1.807) is 0 Å². The predicted molar refractivity (Wildman–Crippen MR) is 69.2 cm³/mol. The van der Waals surface area contributed by atoms with E-state index in [2.05, 4.69) is 35.5 Å². The molecule has 2 aromatic heterocycles. The van der Waals surface area contributed by atoms with Gasteiger partial charge in [-0.05, 0) is 50.0 Å². The van der Waals surface area contributed by atoms with Crippen molar-refractivity contribution in [2.45, 2.75) is 25.7 Å². The van der Waals surface area contributed by atoms with Gasteiger partial charge in [0.1, 0.15) is 0 Å². The maximum Gasteiger partial charge on any atom is 0.0666 e. The van der Waals surface area contributed by atoms with Crippen molar-refractivity contribution in [3.63, 3.8) is 0 Å². The third-order valence-electron chi connectivity index (χ3n) is 3.95. The Morgan fingerprint density at radius 2 is 2.18 bits per heavy atom. The summed E-state index contributed by atoms with van der Waals surface area (Å²) >= 11 is 0. The third-order valence-corrected chi connectivity index (χ3v) is 3.95. The number of piperidine rings is 1. The molecule has 3 nitrogen and oxygen atoms in total. The smallest absolute Gasteiger partial charge is 0.0666 e. The number of aromatic nitrogens is 2. The molecule has 90 valence electrons. The van der Waals surface area contributed by atoms with Crippen molar-refractivity contribution in [1.29, 1.82) is 0 Å². The Bertz CT molecular complexity index is 464. The Morgan fingerprint density at radius 3 is 2.94 bits per heavy atom. The minimum atomic E-state index is 0.567. The Kier molecular flexibility index (Phi) is 2.85. The van der Waals surface area contributed by atoms with E-state index in [-0.39, 0.29) is 0 Å². The molecule has 0 amide bonds. The van der Waals surface area contributed by atoms with Crippen LogP contribution in [-0.4, -0.2) is 22.7 Å². The molecular formula is C14H19N3. The van der Waals surface area contributed by atoms with Crippen LogP contribution in [0.1, 0.15) is 31.4 Å². The zero-order chi connectivity index (χ0) is 11.7. The van der Waals surface area contributed by atoms with Crippen LogP contribution in [0.5, 0.6) is 0 Å². The van der Waals surface area contributed by atoms with E-state index in [1.165, 1.54) is 24.1 Å². The van der Waals surface area contributed by atoms with Gasteiger partial charge in [0.15, 0.2) is 0 Å². The molecule has 3 heterocycles. The Labute approximate surface area is 102 Å². The zero-order valence-electron chi connectivity index (χ0n) is 10.3. The summed E-state index contributed by atoms with van der Waals surface area (Å²) in [5.74, 6) is 1.35. The van der Waals surface area contributed by atoms with Crippen molar-refractivity contribution in [2.75, 3.05) is 13.1 Å². The molecule has 1 unspecified atom stereocenters. The van der Waals surface area contributed by atoms with Crippen LogP contribution in [0, 0.1) is 5.92 Å². The van der Waals surface area contributed by atoms with Crippen molar-refractivity contribution >= 4 is 5.52 Å². The topological polar surface area (TPSA) is 29.3 Å². The summed E-state index contributed by atoms with van der Waals surface area (Å²) in [6.45, 7) is 4.63. The number of nitrogens with zero attached hydrogens (tertiary/aromatic N) is 2. The standard InChI is InChI=1S/C14H19N3/c1-11(12-5-7-15-8-6-12)14-10-13-4-2-3-9-17(13)16-14/h2-4,9-12,15H,5-8H2,1H3. The number of fused-ring (bicyclic) bond motifs is 1. The fourth-order valence-electron chi connectivity index (χ4n) is 2.77. The van der Waals surface area contributed by atoms with E-state index >= 15 is 0 Å². The summed E-state index contributed by atoms with van der Waals surface area (Å²) in [5.41, 5.74) is 2.44. The first kappa shape index (κ1) is 10.8. The quantitative estimate of drug-likeness (QED) is 0.857. The molecule has 0 bridgehead atoms. The van der Waals surface area contributed by atoms with E-state index in [0.717, 1.165) is 19.0 Å². The first-order chi connectivity index (χ1) is 8.34. The molecule has 0 aromatic carbocycles. The fourth-order valence-corrected chi connectivity index (χ4v) is 2.77. The van der Waals surface area contributed by atoms with Crippen LogP contribution in [0.25, 0.3) is 5.52 Å². The van der Waals surface area contributed by atoms with Crippen molar-refractivity contribution in [1.82, 2.24) is 14.9 Å². The molecule has 0 aliphatic carbocycles. The lowest BCUT2D eigenvalue weighted by Gasteiger charge is -2.27. The number of nitrogens with one attached hydrogen (secondary N) is 1. The number of rotatable bonds is 2. The summed E-state index contributed by atoms with van der Waals surface area (Å²) in [7, 11) is 0. The van der Waals surface area contributed by atoms with Crippen LogP contribution in [0.4, 0.5) is 0 Å². The van der Waals surface area contributed by atoms with Crippen LogP contribution in [0.3, 0.4) is 0 Å². The van der Waals surface area contributed by atoms with E-state index < -0.39 is 0 Å². The second-order valence-corrected chi connectivity index (χ2v) is 5.02. The lowest BCUT2D eigenvalue weighted by atomic mass is 9.84. The van der Waals surface area contributed by atoms with Crippen LogP contribution in [0.2, 0.25) is 0 Å². The molecular weight excluding hydrogens is 210 g/mol. The van der Waals surface area contributed by atoms with Crippen molar-refractivity contribution < 1.29 is 0 Å².